The topological polar surface area (TPSA) is 29.5 Å². The Balaban J connectivity index is 1.86. The Kier molecular flexibility index (Phi) is 4.09. The molecule has 0 spiro atoms. The van der Waals surface area contributed by atoms with Crippen LogP contribution in [0.15, 0.2) is 48.5 Å². The van der Waals surface area contributed by atoms with Gasteiger partial charge in [-0.2, -0.15) is 0 Å². The second kappa shape index (κ2) is 6.18. The average Bonchev–Trinajstić information content (AvgIpc) is 3.04. The summed E-state index contributed by atoms with van der Waals surface area (Å²) in [5.74, 6) is 0.0815. The number of rotatable bonds is 3. The van der Waals surface area contributed by atoms with Gasteiger partial charge < -0.3 is 9.64 Å². The van der Waals surface area contributed by atoms with E-state index in [9.17, 15) is 9.18 Å². The Morgan fingerprint density at radius 3 is 2.59 bits per heavy atom. The number of hydrogen-bond donors (Lipinski definition) is 0. The predicted molar refractivity (Wildman–Crippen MR) is 82.4 cm³/mol. The number of methoxy groups -OCH3 is 1. The third-order valence-corrected chi connectivity index (χ3v) is 4.12. The molecule has 1 heterocycles. The maximum absolute atomic E-state index is 13.9. The van der Waals surface area contributed by atoms with Crippen LogP contribution in [0.25, 0.3) is 0 Å². The van der Waals surface area contributed by atoms with Crippen LogP contribution in [0.1, 0.15) is 34.8 Å². The molecule has 0 saturated carbocycles. The van der Waals surface area contributed by atoms with Gasteiger partial charge >= 0.3 is 0 Å². The normalized spacial score (nSPS) is 17.5. The van der Waals surface area contributed by atoms with Crippen LogP contribution in [-0.2, 0) is 0 Å². The highest BCUT2D eigenvalue weighted by atomic mass is 19.1. The first-order chi connectivity index (χ1) is 10.7. The van der Waals surface area contributed by atoms with Crippen molar-refractivity contribution in [2.45, 2.75) is 18.9 Å². The number of likely N-dealkylation sites (tertiary alicyclic amines) is 1. The van der Waals surface area contributed by atoms with Crippen molar-refractivity contribution >= 4 is 5.91 Å². The first kappa shape index (κ1) is 14.6. The lowest BCUT2D eigenvalue weighted by Gasteiger charge is -2.25. The number of ether oxygens (including phenoxy) is 1. The van der Waals surface area contributed by atoms with Gasteiger partial charge in [0.25, 0.3) is 5.91 Å². The second-order valence-electron chi connectivity index (χ2n) is 5.41. The van der Waals surface area contributed by atoms with E-state index in [4.69, 9.17) is 4.74 Å². The summed E-state index contributed by atoms with van der Waals surface area (Å²) < 4.78 is 19.0. The quantitative estimate of drug-likeness (QED) is 0.862. The van der Waals surface area contributed by atoms with E-state index in [-0.39, 0.29) is 17.5 Å². The lowest BCUT2D eigenvalue weighted by atomic mass is 10.0. The summed E-state index contributed by atoms with van der Waals surface area (Å²) in [7, 11) is 1.62. The molecular formula is C18H18FNO2. The van der Waals surface area contributed by atoms with Crippen LogP contribution >= 0.6 is 0 Å². The summed E-state index contributed by atoms with van der Waals surface area (Å²) in [6.45, 7) is 0.657. The first-order valence-electron chi connectivity index (χ1n) is 7.40. The van der Waals surface area contributed by atoms with Crippen molar-refractivity contribution in [2.75, 3.05) is 13.7 Å². The minimum absolute atomic E-state index is 0.00184. The Labute approximate surface area is 129 Å². The summed E-state index contributed by atoms with van der Waals surface area (Å²) in [5.41, 5.74) is 1.20. The third-order valence-electron chi connectivity index (χ3n) is 4.12. The van der Waals surface area contributed by atoms with E-state index in [1.165, 1.54) is 6.07 Å². The molecule has 22 heavy (non-hydrogen) atoms. The van der Waals surface area contributed by atoms with Crippen molar-refractivity contribution in [2.24, 2.45) is 0 Å². The number of carbonyl (C=O) groups is 1. The Morgan fingerprint density at radius 2 is 1.91 bits per heavy atom. The highest BCUT2D eigenvalue weighted by Crippen LogP contribution is 2.34. The van der Waals surface area contributed by atoms with Crippen molar-refractivity contribution in [3.63, 3.8) is 0 Å². The summed E-state index contributed by atoms with van der Waals surface area (Å²) in [5, 5.41) is 0. The van der Waals surface area contributed by atoms with E-state index in [0.717, 1.165) is 24.2 Å². The summed E-state index contributed by atoms with van der Waals surface area (Å²) in [6, 6.07) is 13.9. The zero-order valence-corrected chi connectivity index (χ0v) is 12.5. The van der Waals surface area contributed by atoms with Crippen molar-refractivity contribution in [1.82, 2.24) is 4.90 Å². The van der Waals surface area contributed by atoms with Gasteiger partial charge in [0.1, 0.15) is 11.6 Å². The van der Waals surface area contributed by atoms with Crippen molar-refractivity contribution in [3.05, 3.63) is 65.5 Å². The van der Waals surface area contributed by atoms with E-state index in [0.29, 0.717) is 6.54 Å². The fourth-order valence-electron chi connectivity index (χ4n) is 2.97. The number of nitrogens with zero attached hydrogens (tertiary/aromatic N) is 1. The molecule has 1 atom stereocenters. The fraction of sp³-hybridized carbons (Fsp3) is 0.278. The molecule has 0 aromatic heterocycles. The minimum Gasteiger partial charge on any atom is -0.497 e. The molecule has 2 aromatic rings. The summed E-state index contributed by atoms with van der Waals surface area (Å²) in [6.07, 6.45) is 1.82. The molecule has 1 aliphatic heterocycles. The Bertz CT molecular complexity index is 669. The molecule has 0 radical (unpaired) electrons. The molecule has 0 N–H and O–H groups in total. The number of carbonyl (C=O) groups excluding carboxylic acids is 1. The lowest BCUT2D eigenvalue weighted by Crippen LogP contribution is -2.31. The SMILES string of the molecule is COc1ccc([C@H]2CCCN2C(=O)c2ccccc2F)cc1. The summed E-state index contributed by atoms with van der Waals surface area (Å²) >= 11 is 0. The highest BCUT2D eigenvalue weighted by molar-refractivity contribution is 5.95. The van der Waals surface area contributed by atoms with Crippen molar-refractivity contribution in [1.29, 1.82) is 0 Å². The predicted octanol–water partition coefficient (Wildman–Crippen LogP) is 3.81. The molecule has 1 aliphatic rings. The van der Waals surface area contributed by atoms with Gasteiger partial charge in [-0.05, 0) is 42.7 Å². The molecule has 1 fully saturated rings. The van der Waals surface area contributed by atoms with E-state index >= 15 is 0 Å². The lowest BCUT2D eigenvalue weighted by molar-refractivity contribution is 0.0731. The van der Waals surface area contributed by atoms with E-state index in [2.05, 4.69) is 0 Å². The molecule has 3 nitrogen and oxygen atoms in total. The van der Waals surface area contributed by atoms with Gasteiger partial charge in [0, 0.05) is 6.54 Å². The monoisotopic (exact) mass is 299 g/mol. The molecule has 1 saturated heterocycles. The van der Waals surface area contributed by atoms with E-state index < -0.39 is 5.82 Å². The largest absolute Gasteiger partial charge is 0.497 e. The van der Waals surface area contributed by atoms with Gasteiger partial charge in [-0.25, -0.2) is 4.39 Å². The van der Waals surface area contributed by atoms with Gasteiger partial charge in [0.2, 0.25) is 0 Å². The maximum atomic E-state index is 13.9. The van der Waals surface area contributed by atoms with Gasteiger partial charge in [-0.3, -0.25) is 4.79 Å². The molecule has 0 unspecified atom stereocenters. The zero-order valence-electron chi connectivity index (χ0n) is 12.5. The molecule has 4 heteroatoms. The van der Waals surface area contributed by atoms with Crippen LogP contribution in [0.5, 0.6) is 5.75 Å². The van der Waals surface area contributed by atoms with E-state index in [1.54, 1.807) is 30.2 Å². The van der Waals surface area contributed by atoms with Gasteiger partial charge in [-0.15, -0.1) is 0 Å². The van der Waals surface area contributed by atoms with E-state index in [1.807, 2.05) is 24.3 Å². The van der Waals surface area contributed by atoms with Crippen LogP contribution in [0.3, 0.4) is 0 Å². The highest BCUT2D eigenvalue weighted by Gasteiger charge is 2.31. The second-order valence-corrected chi connectivity index (χ2v) is 5.41. The first-order valence-corrected chi connectivity index (χ1v) is 7.40. The molecule has 0 bridgehead atoms. The standard InChI is InChI=1S/C18H18FNO2/c1-22-14-10-8-13(9-11-14)17-7-4-12-20(17)18(21)15-5-2-3-6-16(15)19/h2-3,5-6,8-11,17H,4,7,12H2,1H3/t17-/m1/s1. The maximum Gasteiger partial charge on any atom is 0.257 e. The van der Waals surface area contributed by atoms with Crippen LogP contribution in [0, 0.1) is 5.82 Å². The van der Waals surface area contributed by atoms with Crippen LogP contribution in [-0.4, -0.2) is 24.5 Å². The number of amides is 1. The Morgan fingerprint density at radius 1 is 1.18 bits per heavy atom. The molecule has 0 aliphatic carbocycles. The summed E-state index contributed by atoms with van der Waals surface area (Å²) in [4.78, 5) is 14.4. The van der Waals surface area contributed by atoms with Crippen LogP contribution < -0.4 is 4.74 Å². The third kappa shape index (κ3) is 2.69. The van der Waals surface area contributed by atoms with Crippen LogP contribution in [0.4, 0.5) is 4.39 Å². The molecular weight excluding hydrogens is 281 g/mol. The molecule has 2 aromatic carbocycles. The average molecular weight is 299 g/mol. The van der Waals surface area contributed by atoms with Crippen molar-refractivity contribution < 1.29 is 13.9 Å². The Hall–Kier alpha value is -2.36. The fourth-order valence-corrected chi connectivity index (χ4v) is 2.97. The van der Waals surface area contributed by atoms with Gasteiger partial charge in [0.15, 0.2) is 0 Å². The van der Waals surface area contributed by atoms with Gasteiger partial charge in [0.05, 0.1) is 18.7 Å². The smallest absolute Gasteiger partial charge is 0.257 e. The number of hydrogen-bond acceptors (Lipinski definition) is 2. The molecule has 114 valence electrons. The van der Waals surface area contributed by atoms with Crippen molar-refractivity contribution in [3.8, 4) is 5.75 Å². The number of benzene rings is 2. The molecule has 3 rings (SSSR count). The minimum atomic E-state index is -0.465. The molecule has 1 amide bonds. The zero-order chi connectivity index (χ0) is 15.5. The number of halogens is 1. The van der Waals surface area contributed by atoms with Crippen LogP contribution in [0.2, 0.25) is 0 Å². The van der Waals surface area contributed by atoms with Gasteiger partial charge in [-0.1, -0.05) is 24.3 Å².